The van der Waals surface area contributed by atoms with E-state index in [0.717, 1.165) is 0 Å². The van der Waals surface area contributed by atoms with Crippen molar-refractivity contribution in [2.75, 3.05) is 12.5 Å². The zero-order valence-corrected chi connectivity index (χ0v) is 16.5. The van der Waals surface area contributed by atoms with E-state index in [-0.39, 0.29) is 29.6 Å². The highest BCUT2D eigenvalue weighted by Gasteiger charge is 2.13. The Morgan fingerprint density at radius 1 is 1.17 bits per heavy atom. The maximum Gasteiger partial charge on any atom is 0.262 e. The number of ketones is 1. The number of Topliss-reactive ketones (excluding diaryl/α,β-unsaturated/α-hetero) is 1. The lowest BCUT2D eigenvalue weighted by Gasteiger charge is -2.15. The molecular weight excluding hydrogens is 372 g/mol. The molecule has 1 heterocycles. The number of carbonyl (C=O) groups is 2. The number of carbonyl (C=O) groups excluding carboxylic acids is 2. The third kappa shape index (κ3) is 4.26. The van der Waals surface area contributed by atoms with Crippen LogP contribution in [0.5, 0.6) is 5.75 Å². The fraction of sp³-hybridized carbons (Fsp3) is 0.238. The molecule has 1 aromatic heterocycles. The Balaban J connectivity index is 1.80. The minimum absolute atomic E-state index is 0.0127. The molecule has 0 aliphatic rings. The van der Waals surface area contributed by atoms with Crippen LogP contribution in [-0.2, 0) is 17.8 Å². The number of para-hydroxylation sites is 1. The quantitative estimate of drug-likeness (QED) is 0.471. The van der Waals surface area contributed by atoms with Crippen LogP contribution in [0.25, 0.3) is 10.9 Å². The van der Waals surface area contributed by atoms with Gasteiger partial charge in [0.05, 0.1) is 24.4 Å². The van der Waals surface area contributed by atoms with Crippen LogP contribution < -0.4 is 21.1 Å². The molecule has 8 heteroatoms. The third-order valence-corrected chi connectivity index (χ3v) is 4.53. The summed E-state index contributed by atoms with van der Waals surface area (Å²) >= 11 is 0. The molecule has 0 fully saturated rings. The number of anilines is 1. The first-order valence-corrected chi connectivity index (χ1v) is 9.16. The van der Waals surface area contributed by atoms with Crippen LogP contribution in [0.4, 0.5) is 5.95 Å². The van der Waals surface area contributed by atoms with Gasteiger partial charge in [-0.1, -0.05) is 12.1 Å². The standard InChI is InChI=1S/C21H22N4O4/c1-4-25-20(28)16-7-5-6-8-17(16)22-21(25)24-23-19(27)12-15-11-14(13(2)26)9-10-18(15)29-3/h5-11H,4,12H2,1-3H3,(H,22,24)(H,23,27). The Hall–Kier alpha value is -3.68. The summed E-state index contributed by atoms with van der Waals surface area (Å²) in [6.07, 6.45) is -0.0127. The summed E-state index contributed by atoms with van der Waals surface area (Å²) in [5, 5.41) is 0.511. The van der Waals surface area contributed by atoms with Crippen molar-refractivity contribution in [3.63, 3.8) is 0 Å². The number of hydrazine groups is 1. The number of benzene rings is 2. The van der Waals surface area contributed by atoms with Crippen molar-refractivity contribution in [3.8, 4) is 5.75 Å². The van der Waals surface area contributed by atoms with Gasteiger partial charge in [0.1, 0.15) is 5.75 Å². The zero-order chi connectivity index (χ0) is 21.0. The second-order valence-corrected chi connectivity index (χ2v) is 6.43. The summed E-state index contributed by atoms with van der Waals surface area (Å²) in [6.45, 7) is 3.68. The summed E-state index contributed by atoms with van der Waals surface area (Å²) in [6, 6.07) is 12.0. The number of nitrogens with zero attached hydrogens (tertiary/aromatic N) is 2. The number of hydrogen-bond acceptors (Lipinski definition) is 6. The Morgan fingerprint density at radius 3 is 2.62 bits per heavy atom. The third-order valence-electron chi connectivity index (χ3n) is 4.53. The molecule has 0 saturated carbocycles. The van der Waals surface area contributed by atoms with Crippen LogP contribution in [0.3, 0.4) is 0 Å². The first-order chi connectivity index (χ1) is 13.9. The monoisotopic (exact) mass is 394 g/mol. The Labute approximate surface area is 167 Å². The highest BCUT2D eigenvalue weighted by Crippen LogP contribution is 2.21. The number of amides is 1. The number of hydrogen-bond donors (Lipinski definition) is 2. The summed E-state index contributed by atoms with van der Waals surface area (Å²) in [5.74, 6) is 0.294. The summed E-state index contributed by atoms with van der Waals surface area (Å²) in [5.41, 5.74) is 6.73. The van der Waals surface area contributed by atoms with E-state index in [0.29, 0.717) is 34.3 Å². The van der Waals surface area contributed by atoms with E-state index in [1.54, 1.807) is 42.5 Å². The van der Waals surface area contributed by atoms with E-state index in [9.17, 15) is 14.4 Å². The van der Waals surface area contributed by atoms with E-state index in [2.05, 4.69) is 15.8 Å². The summed E-state index contributed by atoms with van der Waals surface area (Å²) in [7, 11) is 1.50. The van der Waals surface area contributed by atoms with Crippen molar-refractivity contribution < 1.29 is 14.3 Å². The fourth-order valence-electron chi connectivity index (χ4n) is 3.04. The van der Waals surface area contributed by atoms with Gasteiger partial charge in [-0.15, -0.1) is 0 Å². The van der Waals surface area contributed by atoms with Crippen molar-refractivity contribution in [2.45, 2.75) is 26.8 Å². The number of nitrogens with one attached hydrogen (secondary N) is 2. The highest BCUT2D eigenvalue weighted by atomic mass is 16.5. The van der Waals surface area contributed by atoms with Crippen LogP contribution in [0, 0.1) is 0 Å². The first-order valence-electron chi connectivity index (χ1n) is 9.16. The average molecular weight is 394 g/mol. The van der Waals surface area contributed by atoms with Crippen LogP contribution >= 0.6 is 0 Å². The number of methoxy groups -OCH3 is 1. The Bertz CT molecular complexity index is 1140. The lowest BCUT2D eigenvalue weighted by atomic mass is 10.0. The average Bonchev–Trinajstić information content (AvgIpc) is 2.72. The Morgan fingerprint density at radius 2 is 1.93 bits per heavy atom. The van der Waals surface area contributed by atoms with Crippen LogP contribution in [0.15, 0.2) is 47.3 Å². The minimum atomic E-state index is -0.367. The molecule has 0 bridgehead atoms. The van der Waals surface area contributed by atoms with Gasteiger partial charge in [0.25, 0.3) is 5.56 Å². The molecule has 0 unspecified atom stereocenters. The van der Waals surface area contributed by atoms with E-state index < -0.39 is 0 Å². The van der Waals surface area contributed by atoms with Crippen LogP contribution in [0.2, 0.25) is 0 Å². The molecule has 3 aromatic rings. The SMILES string of the molecule is CCn1c(NNC(=O)Cc2cc(C(C)=O)ccc2OC)nc2ccccc2c1=O. The molecule has 0 saturated heterocycles. The predicted octanol–water partition coefficient (Wildman–Crippen LogP) is 2.31. The molecule has 8 nitrogen and oxygen atoms in total. The van der Waals surface area contributed by atoms with Gasteiger partial charge in [-0.05, 0) is 44.2 Å². The van der Waals surface area contributed by atoms with E-state index in [4.69, 9.17) is 4.74 Å². The molecule has 29 heavy (non-hydrogen) atoms. The number of fused-ring (bicyclic) bond motifs is 1. The lowest BCUT2D eigenvalue weighted by molar-refractivity contribution is -0.120. The van der Waals surface area contributed by atoms with E-state index in [1.165, 1.54) is 18.6 Å². The number of rotatable bonds is 7. The molecule has 0 radical (unpaired) electrons. The number of aromatic nitrogens is 2. The first kappa shape index (κ1) is 20.1. The van der Waals surface area contributed by atoms with Crippen molar-refractivity contribution in [1.29, 1.82) is 0 Å². The van der Waals surface area contributed by atoms with Gasteiger partial charge < -0.3 is 4.74 Å². The zero-order valence-electron chi connectivity index (χ0n) is 16.5. The van der Waals surface area contributed by atoms with Crippen molar-refractivity contribution in [3.05, 3.63) is 63.9 Å². The molecular formula is C21H22N4O4. The van der Waals surface area contributed by atoms with Gasteiger partial charge in [0.2, 0.25) is 11.9 Å². The van der Waals surface area contributed by atoms with Gasteiger partial charge in [-0.25, -0.2) is 4.98 Å². The van der Waals surface area contributed by atoms with Gasteiger partial charge in [0.15, 0.2) is 5.78 Å². The molecule has 0 atom stereocenters. The predicted molar refractivity (Wildman–Crippen MR) is 110 cm³/mol. The maximum absolute atomic E-state index is 12.6. The molecule has 0 aliphatic carbocycles. The molecule has 1 amide bonds. The van der Waals surface area contributed by atoms with Crippen molar-refractivity contribution >= 4 is 28.5 Å². The van der Waals surface area contributed by atoms with Gasteiger partial charge in [-0.3, -0.25) is 29.8 Å². The normalized spacial score (nSPS) is 10.6. The summed E-state index contributed by atoms with van der Waals surface area (Å²) < 4.78 is 6.72. The Kier molecular flexibility index (Phi) is 5.92. The second kappa shape index (κ2) is 8.55. The molecule has 0 spiro atoms. The molecule has 3 rings (SSSR count). The highest BCUT2D eigenvalue weighted by molar-refractivity contribution is 5.94. The van der Waals surface area contributed by atoms with Gasteiger partial charge >= 0.3 is 0 Å². The van der Waals surface area contributed by atoms with E-state index in [1.807, 2.05) is 6.92 Å². The maximum atomic E-state index is 12.6. The summed E-state index contributed by atoms with van der Waals surface area (Å²) in [4.78, 5) is 41.1. The lowest BCUT2D eigenvalue weighted by Crippen LogP contribution is -2.35. The molecule has 150 valence electrons. The van der Waals surface area contributed by atoms with Gasteiger partial charge in [0, 0.05) is 17.7 Å². The molecule has 2 aromatic carbocycles. The number of ether oxygens (including phenoxy) is 1. The van der Waals surface area contributed by atoms with E-state index >= 15 is 0 Å². The minimum Gasteiger partial charge on any atom is -0.496 e. The van der Waals surface area contributed by atoms with Crippen molar-refractivity contribution in [1.82, 2.24) is 15.0 Å². The van der Waals surface area contributed by atoms with Gasteiger partial charge in [-0.2, -0.15) is 0 Å². The molecule has 2 N–H and O–H groups in total. The van der Waals surface area contributed by atoms with Crippen LogP contribution in [-0.4, -0.2) is 28.4 Å². The molecule has 0 aliphatic heterocycles. The largest absolute Gasteiger partial charge is 0.496 e. The topological polar surface area (TPSA) is 102 Å². The smallest absolute Gasteiger partial charge is 0.262 e. The van der Waals surface area contributed by atoms with Crippen molar-refractivity contribution in [2.24, 2.45) is 0 Å². The fourth-order valence-corrected chi connectivity index (χ4v) is 3.04. The van der Waals surface area contributed by atoms with Crippen LogP contribution in [0.1, 0.15) is 29.8 Å². The second-order valence-electron chi connectivity index (χ2n) is 6.43.